The summed E-state index contributed by atoms with van der Waals surface area (Å²) in [6.45, 7) is 4.46. The van der Waals surface area contributed by atoms with Crippen molar-refractivity contribution in [3.8, 4) is 6.07 Å². The van der Waals surface area contributed by atoms with Gasteiger partial charge in [-0.3, -0.25) is 0 Å². The third-order valence-corrected chi connectivity index (χ3v) is 4.24. The maximum atomic E-state index is 9.36. The number of nitrogens with one attached hydrogen (secondary N) is 1. The van der Waals surface area contributed by atoms with Crippen molar-refractivity contribution in [1.82, 2.24) is 9.97 Å². The number of nitriles is 1. The Bertz CT molecular complexity index is 767. The molecular weight excluding hydrogens is 304 g/mol. The van der Waals surface area contributed by atoms with Crippen molar-refractivity contribution >= 4 is 23.0 Å². The van der Waals surface area contributed by atoms with Crippen LogP contribution in [-0.2, 0) is 4.74 Å². The Morgan fingerprint density at radius 1 is 1.04 bits per heavy atom. The lowest BCUT2D eigenvalue weighted by Crippen LogP contribution is -2.39. The third kappa shape index (κ3) is 2.61. The molecule has 3 heterocycles. The summed E-state index contributed by atoms with van der Waals surface area (Å²) in [6.07, 6.45) is 0. The topological polar surface area (TPSA) is 77.3 Å². The number of para-hydroxylation sites is 1. The van der Waals surface area contributed by atoms with Gasteiger partial charge in [0.2, 0.25) is 5.82 Å². The van der Waals surface area contributed by atoms with Crippen LogP contribution in [0.5, 0.6) is 0 Å². The zero-order chi connectivity index (χ0) is 16.4. The molecule has 0 aliphatic carbocycles. The van der Waals surface area contributed by atoms with Gasteiger partial charge in [-0.15, -0.1) is 0 Å². The van der Waals surface area contributed by atoms with Gasteiger partial charge in [0.05, 0.1) is 13.2 Å². The Morgan fingerprint density at radius 3 is 2.54 bits per heavy atom. The van der Waals surface area contributed by atoms with Gasteiger partial charge in [-0.1, -0.05) is 18.2 Å². The van der Waals surface area contributed by atoms with E-state index in [1.54, 1.807) is 0 Å². The highest BCUT2D eigenvalue weighted by molar-refractivity contribution is 5.84. The fourth-order valence-electron chi connectivity index (χ4n) is 3.10. The number of anilines is 4. The molecule has 0 unspecified atom stereocenters. The van der Waals surface area contributed by atoms with Gasteiger partial charge in [-0.25, -0.2) is 0 Å². The van der Waals surface area contributed by atoms with Gasteiger partial charge in [-0.2, -0.15) is 15.2 Å². The van der Waals surface area contributed by atoms with E-state index in [-0.39, 0.29) is 5.82 Å². The highest BCUT2D eigenvalue weighted by Crippen LogP contribution is 2.38. The molecule has 0 spiro atoms. The van der Waals surface area contributed by atoms with E-state index in [1.807, 2.05) is 18.2 Å². The first-order chi connectivity index (χ1) is 11.9. The molecule has 1 aromatic heterocycles. The zero-order valence-electron chi connectivity index (χ0n) is 13.3. The van der Waals surface area contributed by atoms with Gasteiger partial charge >= 0.3 is 0 Å². The second-order valence-electron chi connectivity index (χ2n) is 5.69. The van der Waals surface area contributed by atoms with Crippen molar-refractivity contribution in [2.24, 2.45) is 0 Å². The van der Waals surface area contributed by atoms with E-state index in [1.165, 1.54) is 0 Å². The molecule has 0 saturated carbocycles. The summed E-state index contributed by atoms with van der Waals surface area (Å²) in [5, 5.41) is 12.8. The quantitative estimate of drug-likeness (QED) is 0.902. The molecule has 0 amide bonds. The molecule has 7 nitrogen and oxygen atoms in total. The van der Waals surface area contributed by atoms with Crippen LogP contribution in [0.2, 0.25) is 0 Å². The minimum atomic E-state index is 0.194. The standard InChI is InChI=1S/C17H18N6O/c18-12-14-20-16(22-8-10-24-11-9-22)15-17(21-14)23(7-6-19-15)13-4-2-1-3-5-13/h1-5,19H,6-11H2. The van der Waals surface area contributed by atoms with Crippen LogP contribution in [0.15, 0.2) is 30.3 Å². The van der Waals surface area contributed by atoms with Gasteiger partial charge in [0.25, 0.3) is 0 Å². The van der Waals surface area contributed by atoms with Gasteiger partial charge in [0, 0.05) is 31.9 Å². The van der Waals surface area contributed by atoms with Crippen LogP contribution in [0, 0.1) is 11.3 Å². The van der Waals surface area contributed by atoms with Crippen molar-refractivity contribution in [3.05, 3.63) is 36.2 Å². The summed E-state index contributed by atoms with van der Waals surface area (Å²) in [5.41, 5.74) is 1.96. The van der Waals surface area contributed by atoms with Crippen molar-refractivity contribution in [2.75, 3.05) is 54.5 Å². The highest BCUT2D eigenvalue weighted by atomic mass is 16.5. The minimum absolute atomic E-state index is 0.194. The van der Waals surface area contributed by atoms with Crippen molar-refractivity contribution in [2.45, 2.75) is 0 Å². The summed E-state index contributed by atoms with van der Waals surface area (Å²) in [4.78, 5) is 13.2. The van der Waals surface area contributed by atoms with Gasteiger partial charge in [0.15, 0.2) is 11.6 Å². The molecule has 0 bridgehead atoms. The number of rotatable bonds is 2. The lowest BCUT2D eigenvalue weighted by atomic mass is 10.2. The number of morpholine rings is 1. The van der Waals surface area contributed by atoms with E-state index >= 15 is 0 Å². The highest BCUT2D eigenvalue weighted by Gasteiger charge is 2.27. The molecule has 122 valence electrons. The molecule has 1 fully saturated rings. The van der Waals surface area contributed by atoms with E-state index < -0.39 is 0 Å². The van der Waals surface area contributed by atoms with Crippen LogP contribution in [0.4, 0.5) is 23.0 Å². The number of aromatic nitrogens is 2. The first-order valence-electron chi connectivity index (χ1n) is 8.08. The molecule has 0 radical (unpaired) electrons. The minimum Gasteiger partial charge on any atom is -0.378 e. The van der Waals surface area contributed by atoms with Gasteiger partial charge in [-0.05, 0) is 12.1 Å². The number of ether oxygens (including phenoxy) is 1. The number of hydrogen-bond acceptors (Lipinski definition) is 7. The number of hydrogen-bond donors (Lipinski definition) is 1. The van der Waals surface area contributed by atoms with Crippen LogP contribution in [0.3, 0.4) is 0 Å². The molecule has 2 aliphatic rings. The maximum absolute atomic E-state index is 9.36. The maximum Gasteiger partial charge on any atom is 0.236 e. The molecule has 7 heteroatoms. The molecule has 1 saturated heterocycles. The number of nitrogens with zero attached hydrogens (tertiary/aromatic N) is 5. The summed E-state index contributed by atoms with van der Waals surface area (Å²) in [7, 11) is 0. The molecule has 4 rings (SSSR count). The Balaban J connectivity index is 1.82. The SMILES string of the molecule is N#Cc1nc(N2CCOCC2)c2c(n1)N(c1ccccc1)CCN2. The average molecular weight is 322 g/mol. The lowest BCUT2D eigenvalue weighted by molar-refractivity contribution is 0.122. The summed E-state index contributed by atoms with van der Waals surface area (Å²) in [5.74, 6) is 1.75. The molecular formula is C17H18N6O. The fraction of sp³-hybridized carbons (Fsp3) is 0.353. The van der Waals surface area contributed by atoms with Gasteiger partial charge in [0.1, 0.15) is 11.8 Å². The fourth-order valence-corrected chi connectivity index (χ4v) is 3.10. The smallest absolute Gasteiger partial charge is 0.236 e. The molecule has 2 aliphatic heterocycles. The molecule has 24 heavy (non-hydrogen) atoms. The molecule has 2 aromatic rings. The summed E-state index contributed by atoms with van der Waals surface area (Å²) >= 11 is 0. The number of fused-ring (bicyclic) bond motifs is 1. The van der Waals surface area contributed by atoms with Crippen molar-refractivity contribution < 1.29 is 4.74 Å². The lowest BCUT2D eigenvalue weighted by Gasteiger charge is -2.35. The second-order valence-corrected chi connectivity index (χ2v) is 5.69. The van der Waals surface area contributed by atoms with E-state index in [4.69, 9.17) is 4.74 Å². The van der Waals surface area contributed by atoms with Crippen LogP contribution in [0.1, 0.15) is 5.82 Å². The van der Waals surface area contributed by atoms with E-state index in [9.17, 15) is 5.26 Å². The Kier molecular flexibility index (Phi) is 3.89. The Labute approximate surface area is 140 Å². The Hall–Kier alpha value is -2.85. The molecule has 0 atom stereocenters. The van der Waals surface area contributed by atoms with E-state index in [0.29, 0.717) is 13.2 Å². The predicted octanol–water partition coefficient (Wildman–Crippen LogP) is 1.75. The van der Waals surface area contributed by atoms with Crippen LogP contribution in [-0.4, -0.2) is 49.4 Å². The van der Waals surface area contributed by atoms with Crippen LogP contribution in [0.25, 0.3) is 0 Å². The zero-order valence-corrected chi connectivity index (χ0v) is 13.3. The van der Waals surface area contributed by atoms with Crippen LogP contribution >= 0.6 is 0 Å². The number of benzene rings is 1. The van der Waals surface area contributed by atoms with Crippen LogP contribution < -0.4 is 15.1 Å². The predicted molar refractivity (Wildman–Crippen MR) is 91.7 cm³/mol. The summed E-state index contributed by atoms with van der Waals surface area (Å²) < 4.78 is 5.43. The Morgan fingerprint density at radius 2 is 1.79 bits per heavy atom. The summed E-state index contributed by atoms with van der Waals surface area (Å²) in [6, 6.07) is 12.2. The largest absolute Gasteiger partial charge is 0.378 e. The first kappa shape index (κ1) is 14.7. The third-order valence-electron chi connectivity index (χ3n) is 4.24. The second kappa shape index (κ2) is 6.34. The van der Waals surface area contributed by atoms with Crippen molar-refractivity contribution in [1.29, 1.82) is 5.26 Å². The first-order valence-corrected chi connectivity index (χ1v) is 8.08. The van der Waals surface area contributed by atoms with Gasteiger partial charge < -0.3 is 19.9 Å². The molecule has 1 aromatic carbocycles. The molecule has 1 N–H and O–H groups in total. The normalized spacial score (nSPS) is 17.0. The van der Waals surface area contributed by atoms with E-state index in [0.717, 1.165) is 49.2 Å². The average Bonchev–Trinajstić information content (AvgIpc) is 2.68. The van der Waals surface area contributed by atoms with E-state index in [2.05, 4.69) is 43.3 Å². The van der Waals surface area contributed by atoms with Crippen molar-refractivity contribution in [3.63, 3.8) is 0 Å². The monoisotopic (exact) mass is 322 g/mol.